The van der Waals surface area contributed by atoms with Gasteiger partial charge in [-0.15, -0.1) is 5.10 Å². The molecule has 1 aliphatic rings. The van der Waals surface area contributed by atoms with Gasteiger partial charge in [0.1, 0.15) is 24.0 Å². The van der Waals surface area contributed by atoms with E-state index in [2.05, 4.69) is 19.9 Å². The van der Waals surface area contributed by atoms with Crippen LogP contribution in [0.15, 0.2) is 60.7 Å². The second kappa shape index (κ2) is 9.51. The fourth-order valence-corrected chi connectivity index (χ4v) is 3.55. The van der Waals surface area contributed by atoms with Gasteiger partial charge >= 0.3 is 5.97 Å². The topological polar surface area (TPSA) is 78.7 Å². The van der Waals surface area contributed by atoms with Crippen LogP contribution < -0.4 is 4.74 Å². The van der Waals surface area contributed by atoms with E-state index in [4.69, 9.17) is 9.47 Å². The van der Waals surface area contributed by atoms with Crippen molar-refractivity contribution in [2.45, 2.75) is 6.17 Å². The van der Waals surface area contributed by atoms with E-state index in [9.17, 15) is 4.79 Å². The minimum atomic E-state index is -0.410. The second-order valence-corrected chi connectivity index (χ2v) is 6.82. The first-order valence-electron chi connectivity index (χ1n) is 9.86. The molecule has 1 fully saturated rings. The second-order valence-electron chi connectivity index (χ2n) is 6.82. The first-order valence-corrected chi connectivity index (χ1v) is 9.86. The number of rotatable bonds is 7. The molecule has 0 saturated carbocycles. The zero-order valence-corrected chi connectivity index (χ0v) is 16.8. The summed E-state index contributed by atoms with van der Waals surface area (Å²) in [4.78, 5) is 13.6. The van der Waals surface area contributed by atoms with Gasteiger partial charge in [-0.25, -0.2) is 9.48 Å². The Bertz CT molecular complexity index is 1030. The van der Waals surface area contributed by atoms with Crippen molar-refractivity contribution in [3.05, 3.63) is 66.2 Å². The molecule has 0 amide bonds. The van der Waals surface area contributed by atoms with E-state index in [0.717, 1.165) is 35.4 Å². The Labute approximate surface area is 174 Å². The number of nitrogens with zero attached hydrogens (tertiary/aromatic N) is 4. The minimum absolute atomic E-state index is 0.193. The van der Waals surface area contributed by atoms with Crippen LogP contribution >= 0.6 is 0 Å². The van der Waals surface area contributed by atoms with Gasteiger partial charge in [0.25, 0.3) is 0 Å². The van der Waals surface area contributed by atoms with Crippen molar-refractivity contribution in [1.82, 2.24) is 19.9 Å². The molecule has 0 radical (unpaired) electrons. The molecule has 1 aromatic heterocycles. The molecular weight excluding hydrogens is 384 g/mol. The molecule has 0 bridgehead atoms. The number of methoxy groups -OCH3 is 1. The SMILES string of the molecule is COC(=O)/C=C/COc1ccccc1C(N1CCOCC1)n1nnc2ccccc21. The van der Waals surface area contributed by atoms with E-state index in [0.29, 0.717) is 13.2 Å². The Kier molecular flexibility index (Phi) is 6.36. The van der Waals surface area contributed by atoms with Crippen molar-refractivity contribution in [1.29, 1.82) is 0 Å². The number of carbonyl (C=O) groups is 1. The monoisotopic (exact) mass is 408 g/mol. The normalized spacial score (nSPS) is 16.0. The minimum Gasteiger partial charge on any atom is -0.489 e. The Balaban J connectivity index is 1.69. The largest absolute Gasteiger partial charge is 0.489 e. The number of hydrogen-bond acceptors (Lipinski definition) is 7. The Hall–Kier alpha value is -3.23. The van der Waals surface area contributed by atoms with Crippen LogP contribution in [0, 0.1) is 0 Å². The highest BCUT2D eigenvalue weighted by molar-refractivity contribution is 5.81. The van der Waals surface area contributed by atoms with Gasteiger partial charge in [-0.2, -0.15) is 0 Å². The molecule has 8 nitrogen and oxygen atoms in total. The highest BCUT2D eigenvalue weighted by Gasteiger charge is 2.29. The van der Waals surface area contributed by atoms with Crippen LogP contribution in [0.1, 0.15) is 11.7 Å². The summed E-state index contributed by atoms with van der Waals surface area (Å²) in [5, 5.41) is 8.82. The van der Waals surface area contributed by atoms with Crippen molar-refractivity contribution in [2.24, 2.45) is 0 Å². The summed E-state index contributed by atoms with van der Waals surface area (Å²) in [7, 11) is 1.35. The van der Waals surface area contributed by atoms with Crippen LogP contribution in [0.4, 0.5) is 0 Å². The van der Waals surface area contributed by atoms with Gasteiger partial charge in [-0.3, -0.25) is 4.90 Å². The molecule has 2 heterocycles. The Morgan fingerprint density at radius 1 is 1.17 bits per heavy atom. The number of carbonyl (C=O) groups excluding carboxylic acids is 1. The van der Waals surface area contributed by atoms with Crippen LogP contribution in [0.25, 0.3) is 11.0 Å². The maximum atomic E-state index is 11.3. The van der Waals surface area contributed by atoms with E-state index in [-0.39, 0.29) is 12.8 Å². The molecule has 4 rings (SSSR count). The summed E-state index contributed by atoms with van der Waals surface area (Å²) in [5.41, 5.74) is 2.77. The van der Waals surface area contributed by atoms with Gasteiger partial charge in [-0.1, -0.05) is 35.5 Å². The molecule has 0 spiro atoms. The third-order valence-corrected chi connectivity index (χ3v) is 4.99. The predicted octanol–water partition coefficient (Wildman–Crippen LogP) is 2.42. The molecule has 0 aliphatic carbocycles. The van der Waals surface area contributed by atoms with Gasteiger partial charge in [0, 0.05) is 24.7 Å². The number of aromatic nitrogens is 3. The predicted molar refractivity (Wildman–Crippen MR) is 111 cm³/mol. The van der Waals surface area contributed by atoms with Crippen LogP contribution in [0.3, 0.4) is 0 Å². The number of esters is 1. The number of fused-ring (bicyclic) bond motifs is 1. The van der Waals surface area contributed by atoms with Gasteiger partial charge in [0.15, 0.2) is 0 Å². The molecule has 0 N–H and O–H groups in total. The first kappa shape index (κ1) is 20.1. The average molecular weight is 408 g/mol. The van der Waals surface area contributed by atoms with E-state index in [1.165, 1.54) is 13.2 Å². The lowest BCUT2D eigenvalue weighted by Crippen LogP contribution is -2.42. The van der Waals surface area contributed by atoms with Crippen molar-refractivity contribution in [2.75, 3.05) is 40.0 Å². The van der Waals surface area contributed by atoms with Crippen LogP contribution in [-0.4, -0.2) is 65.9 Å². The number of benzene rings is 2. The fourth-order valence-electron chi connectivity index (χ4n) is 3.55. The lowest BCUT2D eigenvalue weighted by Gasteiger charge is -2.35. The van der Waals surface area contributed by atoms with Gasteiger partial charge < -0.3 is 14.2 Å². The van der Waals surface area contributed by atoms with Crippen molar-refractivity contribution >= 4 is 17.0 Å². The van der Waals surface area contributed by atoms with Gasteiger partial charge in [0.2, 0.25) is 0 Å². The van der Waals surface area contributed by atoms with E-state index in [1.807, 2.05) is 53.2 Å². The number of para-hydroxylation sites is 2. The highest BCUT2D eigenvalue weighted by Crippen LogP contribution is 2.32. The van der Waals surface area contributed by atoms with Crippen molar-refractivity contribution < 1.29 is 19.0 Å². The maximum absolute atomic E-state index is 11.3. The van der Waals surface area contributed by atoms with Gasteiger partial charge in [0.05, 0.1) is 25.8 Å². The molecule has 1 unspecified atom stereocenters. The number of ether oxygens (including phenoxy) is 3. The quantitative estimate of drug-likeness (QED) is 0.439. The Morgan fingerprint density at radius 3 is 2.77 bits per heavy atom. The lowest BCUT2D eigenvalue weighted by atomic mass is 10.1. The molecule has 2 aromatic carbocycles. The maximum Gasteiger partial charge on any atom is 0.330 e. The van der Waals surface area contributed by atoms with E-state index in [1.54, 1.807) is 6.08 Å². The smallest absolute Gasteiger partial charge is 0.330 e. The zero-order valence-electron chi connectivity index (χ0n) is 16.8. The molecule has 1 saturated heterocycles. The number of hydrogen-bond donors (Lipinski definition) is 0. The molecular formula is C22H24N4O4. The molecule has 3 aromatic rings. The molecule has 8 heteroatoms. The third-order valence-electron chi connectivity index (χ3n) is 4.99. The summed E-state index contributed by atoms with van der Waals surface area (Å²) in [6.45, 7) is 3.12. The summed E-state index contributed by atoms with van der Waals surface area (Å²) >= 11 is 0. The third kappa shape index (κ3) is 4.34. The summed E-state index contributed by atoms with van der Waals surface area (Å²) in [6.07, 6.45) is 2.80. The number of morpholine rings is 1. The molecule has 1 aliphatic heterocycles. The molecule has 156 valence electrons. The Morgan fingerprint density at radius 2 is 1.93 bits per heavy atom. The van der Waals surface area contributed by atoms with Crippen LogP contribution in [0.2, 0.25) is 0 Å². The standard InChI is InChI=1S/C22H24N4O4/c1-28-21(27)11-6-14-30-20-10-5-2-7-17(20)22(25-12-15-29-16-13-25)26-19-9-4-3-8-18(19)23-24-26/h2-11,22H,12-16H2,1H3/b11-6+. The van der Waals surface area contributed by atoms with Crippen molar-refractivity contribution in [3.63, 3.8) is 0 Å². The first-order chi connectivity index (χ1) is 14.8. The lowest BCUT2D eigenvalue weighted by molar-refractivity contribution is -0.134. The molecule has 1 atom stereocenters. The van der Waals surface area contributed by atoms with E-state index < -0.39 is 5.97 Å². The van der Waals surface area contributed by atoms with Gasteiger partial charge in [-0.05, 0) is 24.3 Å². The fraction of sp³-hybridized carbons (Fsp3) is 0.318. The van der Waals surface area contributed by atoms with Crippen LogP contribution in [-0.2, 0) is 14.3 Å². The average Bonchev–Trinajstić information content (AvgIpc) is 3.22. The summed E-state index contributed by atoms with van der Waals surface area (Å²) < 4.78 is 18.1. The summed E-state index contributed by atoms with van der Waals surface area (Å²) in [5.74, 6) is 0.315. The zero-order chi connectivity index (χ0) is 20.8. The van der Waals surface area contributed by atoms with E-state index >= 15 is 0 Å². The summed E-state index contributed by atoms with van der Waals surface area (Å²) in [6, 6.07) is 15.8. The van der Waals surface area contributed by atoms with Crippen molar-refractivity contribution in [3.8, 4) is 5.75 Å². The van der Waals surface area contributed by atoms with Crippen LogP contribution in [0.5, 0.6) is 5.75 Å². The molecule has 30 heavy (non-hydrogen) atoms. The highest BCUT2D eigenvalue weighted by atomic mass is 16.5.